The van der Waals surface area contributed by atoms with Crippen LogP contribution in [0.1, 0.15) is 0 Å². The molecule has 0 saturated heterocycles. The fraction of sp³-hybridized carbons (Fsp3) is 0. The van der Waals surface area contributed by atoms with Crippen LogP contribution in [0.4, 0.5) is 0 Å². The number of rotatable bonds is 3. The number of nitrogens with zero attached hydrogens (tertiary/aromatic N) is 2. The molecule has 0 saturated carbocycles. The Bertz CT molecular complexity index is 2380. The Hall–Kier alpha value is -5.74. The summed E-state index contributed by atoms with van der Waals surface area (Å²) in [4.78, 5) is 9.53. The maximum absolute atomic E-state index is 6.59. The van der Waals surface area contributed by atoms with Gasteiger partial charge in [-0.05, 0) is 58.8 Å². The zero-order valence-electron chi connectivity index (χ0n) is 22.4. The average Bonchev–Trinajstić information content (AvgIpc) is 3.62. The molecule has 0 aliphatic heterocycles. The van der Waals surface area contributed by atoms with Crippen molar-refractivity contribution in [1.29, 1.82) is 0 Å². The van der Waals surface area contributed by atoms with Gasteiger partial charge in [-0.1, -0.05) is 84.9 Å². The summed E-state index contributed by atoms with van der Waals surface area (Å²) in [6, 6.07) is 43.5. The Morgan fingerprint density at radius 3 is 1.62 bits per heavy atom. The molecule has 42 heavy (non-hydrogen) atoms. The number of aromatic nitrogens is 2. The summed E-state index contributed by atoms with van der Waals surface area (Å²) in [7, 11) is 0. The molecule has 0 spiro atoms. The lowest BCUT2D eigenvalue weighted by Crippen LogP contribution is -1.92. The summed E-state index contributed by atoms with van der Waals surface area (Å²) in [5, 5.41) is 6.57. The number of para-hydroxylation sites is 2. The van der Waals surface area contributed by atoms with Gasteiger partial charge < -0.3 is 8.83 Å². The average molecular weight is 539 g/mol. The third-order valence-corrected chi connectivity index (χ3v) is 8.16. The molecule has 0 unspecified atom stereocenters. The number of hydrogen-bond acceptors (Lipinski definition) is 4. The van der Waals surface area contributed by atoms with Crippen molar-refractivity contribution >= 4 is 54.6 Å². The first-order valence-electron chi connectivity index (χ1n) is 14.0. The second-order valence-corrected chi connectivity index (χ2v) is 10.5. The lowest BCUT2D eigenvalue weighted by atomic mass is 9.91. The summed E-state index contributed by atoms with van der Waals surface area (Å²) >= 11 is 0. The van der Waals surface area contributed by atoms with Crippen molar-refractivity contribution in [2.45, 2.75) is 0 Å². The fourth-order valence-corrected chi connectivity index (χ4v) is 6.26. The van der Waals surface area contributed by atoms with E-state index in [1.165, 1.54) is 0 Å². The molecule has 4 heteroatoms. The third-order valence-electron chi connectivity index (χ3n) is 8.16. The van der Waals surface area contributed by atoms with Crippen molar-refractivity contribution in [2.75, 3.05) is 0 Å². The highest BCUT2D eigenvalue weighted by atomic mass is 16.3. The lowest BCUT2D eigenvalue weighted by molar-refractivity contribution is 0.658. The van der Waals surface area contributed by atoms with E-state index in [9.17, 15) is 0 Å². The van der Waals surface area contributed by atoms with Crippen LogP contribution in [0.2, 0.25) is 0 Å². The molecule has 0 radical (unpaired) electrons. The minimum atomic E-state index is 0.830. The molecule has 5 aromatic carbocycles. The smallest absolute Gasteiger partial charge is 0.147 e. The molecule has 0 atom stereocenters. The van der Waals surface area contributed by atoms with E-state index in [0.717, 1.165) is 88.4 Å². The van der Waals surface area contributed by atoms with Gasteiger partial charge in [-0.2, -0.15) is 0 Å². The van der Waals surface area contributed by atoms with Crippen LogP contribution in [0.5, 0.6) is 0 Å². The van der Waals surface area contributed by atoms with Crippen LogP contribution in [0.25, 0.3) is 88.4 Å². The van der Waals surface area contributed by atoms with Crippen LogP contribution in [0.3, 0.4) is 0 Å². The van der Waals surface area contributed by atoms with E-state index < -0.39 is 0 Å². The maximum Gasteiger partial charge on any atom is 0.147 e. The van der Waals surface area contributed by atoms with E-state index in [-0.39, 0.29) is 0 Å². The Morgan fingerprint density at radius 1 is 0.405 bits per heavy atom. The number of benzene rings is 5. The summed E-state index contributed by atoms with van der Waals surface area (Å²) in [6.07, 6.45) is 1.80. The second kappa shape index (κ2) is 8.88. The summed E-state index contributed by atoms with van der Waals surface area (Å²) in [5.74, 6) is 0. The van der Waals surface area contributed by atoms with Crippen LogP contribution < -0.4 is 0 Å². The van der Waals surface area contributed by atoms with Gasteiger partial charge >= 0.3 is 0 Å². The standard InChI is InChI=1S/C38H22N2O2/c1-2-11-24-23(10-1)25(31-15-9-16-33(40-31)32-14-7-8-21-39-32)19-20-28(24)36-37-29(26-12-3-5-17-34(26)41-37)22-30-27-13-4-6-18-35(27)42-38(30)36/h1-22H. The Kier molecular flexibility index (Phi) is 4.87. The largest absolute Gasteiger partial charge is 0.455 e. The van der Waals surface area contributed by atoms with E-state index >= 15 is 0 Å². The molecule has 4 heterocycles. The van der Waals surface area contributed by atoms with E-state index in [1.54, 1.807) is 6.20 Å². The number of hydrogen-bond donors (Lipinski definition) is 0. The molecule has 9 aromatic rings. The van der Waals surface area contributed by atoms with Crippen molar-refractivity contribution in [2.24, 2.45) is 0 Å². The Labute approximate surface area is 240 Å². The Balaban J connectivity index is 1.36. The minimum absolute atomic E-state index is 0.830. The predicted molar refractivity (Wildman–Crippen MR) is 170 cm³/mol. The molecule has 4 nitrogen and oxygen atoms in total. The molecule has 0 fully saturated rings. The molecule has 9 rings (SSSR count). The van der Waals surface area contributed by atoms with Crippen molar-refractivity contribution in [1.82, 2.24) is 9.97 Å². The van der Waals surface area contributed by atoms with Crippen LogP contribution >= 0.6 is 0 Å². The number of furan rings is 2. The van der Waals surface area contributed by atoms with Crippen LogP contribution in [-0.2, 0) is 0 Å². The van der Waals surface area contributed by atoms with Gasteiger partial charge in [0.1, 0.15) is 22.3 Å². The monoisotopic (exact) mass is 538 g/mol. The highest BCUT2D eigenvalue weighted by Crippen LogP contribution is 2.46. The molecular weight excluding hydrogens is 516 g/mol. The molecule has 0 N–H and O–H groups in total. The van der Waals surface area contributed by atoms with E-state index in [1.807, 2.05) is 54.6 Å². The normalized spacial score (nSPS) is 11.8. The first-order valence-corrected chi connectivity index (χ1v) is 14.0. The molecule has 0 amide bonds. The summed E-state index contributed by atoms with van der Waals surface area (Å²) < 4.78 is 13.2. The van der Waals surface area contributed by atoms with Crippen LogP contribution in [-0.4, -0.2) is 9.97 Å². The summed E-state index contributed by atoms with van der Waals surface area (Å²) in [5.41, 5.74) is 9.07. The van der Waals surface area contributed by atoms with Gasteiger partial charge in [-0.15, -0.1) is 0 Å². The van der Waals surface area contributed by atoms with Gasteiger partial charge in [0.15, 0.2) is 0 Å². The van der Waals surface area contributed by atoms with Crippen LogP contribution in [0.15, 0.2) is 142 Å². The first kappa shape index (κ1) is 23.0. The lowest BCUT2D eigenvalue weighted by Gasteiger charge is -2.13. The predicted octanol–water partition coefficient (Wildman–Crippen LogP) is 10.4. The van der Waals surface area contributed by atoms with Gasteiger partial charge in [0, 0.05) is 33.3 Å². The van der Waals surface area contributed by atoms with Crippen molar-refractivity contribution in [3.05, 3.63) is 134 Å². The molecule has 0 aliphatic rings. The van der Waals surface area contributed by atoms with E-state index in [2.05, 4.69) is 77.8 Å². The fourth-order valence-electron chi connectivity index (χ4n) is 6.26. The van der Waals surface area contributed by atoms with Crippen molar-refractivity contribution < 1.29 is 8.83 Å². The van der Waals surface area contributed by atoms with Gasteiger partial charge in [0.05, 0.1) is 22.6 Å². The zero-order chi connectivity index (χ0) is 27.6. The van der Waals surface area contributed by atoms with Gasteiger partial charge in [-0.3, -0.25) is 4.98 Å². The van der Waals surface area contributed by atoms with Gasteiger partial charge in [0.2, 0.25) is 0 Å². The van der Waals surface area contributed by atoms with E-state index in [0.29, 0.717) is 0 Å². The molecular formula is C38H22N2O2. The molecule has 0 bridgehead atoms. The van der Waals surface area contributed by atoms with Gasteiger partial charge in [0.25, 0.3) is 0 Å². The molecule has 4 aromatic heterocycles. The maximum atomic E-state index is 6.59. The quantitative estimate of drug-likeness (QED) is 0.224. The van der Waals surface area contributed by atoms with Crippen molar-refractivity contribution in [3.8, 4) is 33.8 Å². The van der Waals surface area contributed by atoms with Crippen LogP contribution in [0, 0.1) is 0 Å². The highest BCUT2D eigenvalue weighted by molar-refractivity contribution is 6.24. The second-order valence-electron chi connectivity index (χ2n) is 10.5. The zero-order valence-corrected chi connectivity index (χ0v) is 22.4. The first-order chi connectivity index (χ1) is 20.8. The molecule has 0 aliphatic carbocycles. The SMILES string of the molecule is c1ccc(-c2cccc(-c3ccc(-c4c5oc6ccccc6c5cc5c4oc4ccccc45)c4ccccc34)n2)nc1. The number of pyridine rings is 2. The molecule has 196 valence electrons. The van der Waals surface area contributed by atoms with Gasteiger partial charge in [-0.25, -0.2) is 4.98 Å². The highest BCUT2D eigenvalue weighted by Gasteiger charge is 2.23. The Morgan fingerprint density at radius 2 is 0.952 bits per heavy atom. The topological polar surface area (TPSA) is 52.1 Å². The van der Waals surface area contributed by atoms with E-state index in [4.69, 9.17) is 13.8 Å². The van der Waals surface area contributed by atoms with Crippen molar-refractivity contribution in [3.63, 3.8) is 0 Å². The minimum Gasteiger partial charge on any atom is -0.455 e. The third kappa shape index (κ3) is 3.36. The summed E-state index contributed by atoms with van der Waals surface area (Å²) in [6.45, 7) is 0. The number of fused-ring (bicyclic) bond motifs is 7.